The summed E-state index contributed by atoms with van der Waals surface area (Å²) in [5, 5.41) is 64.6. The van der Waals surface area contributed by atoms with Crippen LogP contribution in [0.1, 0.15) is 76.6 Å². The maximum Gasteiger partial charge on any atom is 2.00 e. The fourth-order valence-electron chi connectivity index (χ4n) is 4.53. The van der Waals surface area contributed by atoms with Gasteiger partial charge in [0.2, 0.25) is 0 Å². The first-order chi connectivity index (χ1) is 25.6. The zero-order chi connectivity index (χ0) is 40.5. The van der Waals surface area contributed by atoms with Crippen LogP contribution in [0.15, 0.2) is 117 Å². The Hall–Kier alpha value is -4.74. The van der Waals surface area contributed by atoms with Crippen LogP contribution >= 0.6 is 0 Å². The number of benzene rings is 4. The Morgan fingerprint density at radius 1 is 0.404 bits per heavy atom. The molecule has 0 unspecified atom stereocenters. The molecule has 0 aliphatic carbocycles. The minimum Gasteiger partial charge on any atom is -0.872 e. The average molecular weight is 917 g/mol. The molecule has 0 aliphatic heterocycles. The van der Waals surface area contributed by atoms with E-state index in [4.69, 9.17) is 19.8 Å². The number of para-hydroxylation sites is 4. The zero-order valence-electron chi connectivity index (χ0n) is 32.5. The summed E-state index contributed by atoms with van der Waals surface area (Å²) in [7, 11) is 0. The monoisotopic (exact) mass is 915 g/mol. The van der Waals surface area contributed by atoms with Crippen molar-refractivity contribution >= 4 is 34.8 Å². The van der Waals surface area contributed by atoms with Crippen molar-refractivity contribution in [1.29, 1.82) is 0 Å². The van der Waals surface area contributed by atoms with E-state index in [0.717, 1.165) is 49.5 Å². The molecule has 0 aromatic heterocycles. The van der Waals surface area contributed by atoms with Gasteiger partial charge in [-0.15, -0.1) is 0 Å². The molecule has 0 amide bonds. The van der Waals surface area contributed by atoms with Crippen LogP contribution < -0.4 is 30.6 Å². The van der Waals surface area contributed by atoms with E-state index < -0.39 is 11.9 Å². The third kappa shape index (κ3) is 24.5. The number of hydrogen-bond acceptors (Lipinski definition) is 12. The molecule has 311 valence electrons. The molecular formula is C42H46Cu2MnN4O8. The molecule has 0 aliphatic rings. The topological polar surface area (TPSA) is 222 Å². The molecule has 0 saturated heterocycles. The van der Waals surface area contributed by atoms with Crippen molar-refractivity contribution in [2.75, 3.05) is 26.2 Å². The number of aliphatic imine (C=N–C) groups is 4. The van der Waals surface area contributed by atoms with Gasteiger partial charge in [0.25, 0.3) is 0 Å². The van der Waals surface area contributed by atoms with Gasteiger partial charge in [-0.2, -0.15) is 0 Å². The Morgan fingerprint density at radius 3 is 0.719 bits per heavy atom. The number of carboxylic acid groups (broad SMARTS) is 2. The van der Waals surface area contributed by atoms with Crippen LogP contribution in [0.2, 0.25) is 0 Å². The summed E-state index contributed by atoms with van der Waals surface area (Å²) >= 11 is 0. The minimum absolute atomic E-state index is 0. The van der Waals surface area contributed by atoms with Crippen LogP contribution in [0, 0.1) is 0 Å². The van der Waals surface area contributed by atoms with Gasteiger partial charge in [0, 0.05) is 61.0 Å². The molecule has 0 atom stereocenters. The second-order valence-corrected chi connectivity index (χ2v) is 11.5. The molecule has 15 heteroatoms. The van der Waals surface area contributed by atoms with Crippen molar-refractivity contribution in [2.24, 2.45) is 20.0 Å². The van der Waals surface area contributed by atoms with E-state index in [1.807, 2.05) is 52.0 Å². The van der Waals surface area contributed by atoms with Crippen molar-refractivity contribution in [3.8, 4) is 23.0 Å². The van der Waals surface area contributed by atoms with Crippen LogP contribution in [-0.4, -0.2) is 61.0 Å². The number of nitrogens with zero attached hydrogens (tertiary/aromatic N) is 4. The van der Waals surface area contributed by atoms with Crippen molar-refractivity contribution in [1.82, 2.24) is 0 Å². The van der Waals surface area contributed by atoms with Gasteiger partial charge in [0.15, 0.2) is 0 Å². The van der Waals surface area contributed by atoms with Crippen LogP contribution in [-0.2, 0) is 60.8 Å². The molecule has 0 spiro atoms. The predicted molar refractivity (Wildman–Crippen MR) is 202 cm³/mol. The van der Waals surface area contributed by atoms with Crippen molar-refractivity contribution in [2.45, 2.75) is 54.4 Å². The largest absolute Gasteiger partial charge is 2.00 e. The number of hydrogen-bond donors (Lipinski definition) is 0. The second kappa shape index (κ2) is 32.4. The molecule has 0 saturated carbocycles. The SMILES string of the molecule is CC(=NCCCN=C(C)c1ccccc1[O-])c1ccccc1[O-].CC(=NCCCN=C(C)c1ccccc1[O-])c1ccccc1[O-].CC(=O)[O-].CC(=O)[O-].[Cu+2].[Cu+2].[Mn+2]. The molecular weight excluding hydrogens is 871 g/mol. The summed E-state index contributed by atoms with van der Waals surface area (Å²) in [6.45, 7) is 11.8. The molecule has 0 bridgehead atoms. The van der Waals surface area contributed by atoms with Gasteiger partial charge >= 0.3 is 51.2 Å². The standard InChI is InChI=1S/2C19H22N2O2.2C2H4O2.2Cu.Mn/c2*1-14(16-8-3-5-10-18(16)22)20-12-7-13-21-15(2)17-9-4-6-11-19(17)23;2*1-2(3)4;;;/h2*3-6,8-11,22-23H,7,12-13H2,1-2H3;2*1H3,(H,3,4);;;/q;;;;3*+2/p-6. The van der Waals surface area contributed by atoms with Crippen LogP contribution in [0.5, 0.6) is 23.0 Å². The van der Waals surface area contributed by atoms with E-state index in [9.17, 15) is 20.4 Å². The molecule has 4 aromatic carbocycles. The Balaban J connectivity index is -0.000000823. The first-order valence-electron chi connectivity index (χ1n) is 17.1. The molecule has 0 fully saturated rings. The fourth-order valence-corrected chi connectivity index (χ4v) is 4.53. The third-order valence-corrected chi connectivity index (χ3v) is 7.14. The summed E-state index contributed by atoms with van der Waals surface area (Å²) in [5.41, 5.74) is 5.59. The number of rotatable bonds is 12. The predicted octanol–water partition coefficient (Wildman–Crippen LogP) is 2.59. The summed E-state index contributed by atoms with van der Waals surface area (Å²) in [5.74, 6) is -2.19. The smallest absolute Gasteiger partial charge is 0.872 e. The number of aliphatic carboxylic acids is 2. The minimum atomic E-state index is -1.08. The average Bonchev–Trinajstić information content (AvgIpc) is 3.11. The van der Waals surface area contributed by atoms with Gasteiger partial charge in [0.1, 0.15) is 0 Å². The van der Waals surface area contributed by atoms with Crippen molar-refractivity contribution in [3.05, 3.63) is 119 Å². The van der Waals surface area contributed by atoms with Gasteiger partial charge in [-0.1, -0.05) is 120 Å². The second-order valence-electron chi connectivity index (χ2n) is 11.5. The van der Waals surface area contributed by atoms with E-state index in [-0.39, 0.29) is 74.2 Å². The van der Waals surface area contributed by atoms with Crippen molar-refractivity contribution < 1.29 is 91.4 Å². The molecule has 4 rings (SSSR count). The van der Waals surface area contributed by atoms with Gasteiger partial charge in [-0.25, -0.2) is 0 Å². The zero-order valence-corrected chi connectivity index (χ0v) is 35.6. The number of carbonyl (C=O) groups is 2. The first-order valence-corrected chi connectivity index (χ1v) is 17.1. The van der Waals surface area contributed by atoms with Gasteiger partial charge in [-0.05, 0) is 76.6 Å². The van der Waals surface area contributed by atoms with E-state index in [0.29, 0.717) is 48.4 Å². The van der Waals surface area contributed by atoms with Crippen LogP contribution in [0.3, 0.4) is 0 Å². The van der Waals surface area contributed by atoms with Crippen LogP contribution in [0.4, 0.5) is 0 Å². The van der Waals surface area contributed by atoms with E-state index in [1.54, 1.807) is 72.8 Å². The quantitative estimate of drug-likeness (QED) is 0.117. The normalized spacial score (nSPS) is 10.9. The summed E-state index contributed by atoms with van der Waals surface area (Å²) in [6, 6.07) is 27.6. The van der Waals surface area contributed by atoms with E-state index >= 15 is 0 Å². The van der Waals surface area contributed by atoms with Crippen LogP contribution in [0.25, 0.3) is 0 Å². The Kier molecular flexibility index (Phi) is 32.1. The van der Waals surface area contributed by atoms with Gasteiger partial charge in [0.05, 0.1) is 0 Å². The third-order valence-electron chi connectivity index (χ3n) is 7.14. The summed E-state index contributed by atoms with van der Waals surface area (Å²) in [6.07, 6.45) is 1.55. The Labute approximate surface area is 367 Å². The maximum atomic E-state index is 11.7. The van der Waals surface area contributed by atoms with E-state index in [2.05, 4.69) is 20.0 Å². The molecule has 3 radical (unpaired) electrons. The summed E-state index contributed by atoms with van der Waals surface area (Å²) in [4.78, 5) is 35.5. The number of carbonyl (C=O) groups excluding carboxylic acids is 2. The first kappa shape index (κ1) is 56.6. The molecule has 12 nitrogen and oxygen atoms in total. The molecule has 57 heavy (non-hydrogen) atoms. The van der Waals surface area contributed by atoms with E-state index in [1.165, 1.54) is 0 Å². The molecule has 0 heterocycles. The van der Waals surface area contributed by atoms with Gasteiger partial charge in [-0.3, -0.25) is 20.0 Å². The molecule has 0 N–H and O–H groups in total. The number of carboxylic acids is 2. The molecule has 4 aromatic rings. The van der Waals surface area contributed by atoms with Crippen molar-refractivity contribution in [3.63, 3.8) is 0 Å². The fraction of sp³-hybridized carbons (Fsp3) is 0.286. The summed E-state index contributed by atoms with van der Waals surface area (Å²) < 4.78 is 0. The Morgan fingerprint density at radius 2 is 0.561 bits per heavy atom. The Bertz CT molecular complexity index is 1650. The maximum absolute atomic E-state index is 11.7. The van der Waals surface area contributed by atoms with Gasteiger partial charge < -0.3 is 40.2 Å².